The molecule has 0 aliphatic carbocycles. The van der Waals surface area contributed by atoms with Crippen LogP contribution in [0.3, 0.4) is 0 Å². The molecule has 0 N–H and O–H groups in total. The van der Waals surface area contributed by atoms with Crippen LogP contribution in [0.1, 0.15) is 188 Å². The standard InChI is InChI=1S/C65H96O6/c1-4-7-10-13-16-19-22-25-28-31-34-37-40-43-46-49-52-55-58-64(67)70-61-62(60-69-63(66)57-54-51-48-45-42-39-36-33-30-27-24-21-18-15-12-9-6-3)71-65(68)59-56-53-50-47-44-41-38-35-32-29-26-23-20-17-14-11-8-5-2/h9-14,16-23,25-32,34-39,45,48,62H,4-8,15,24,33,40-44,46-47,49-61H2,1-3H3/b12-9-,13-10-,14-11-,19-16-,20-17-,21-18-,25-22-,26-23-,30-27-,31-28-,32-29-,37-34-,38-35-,39-36-,48-45-. The normalized spacial score (nSPS) is 13.6. The Hall–Kier alpha value is -5.49. The molecule has 0 heterocycles. The summed E-state index contributed by atoms with van der Waals surface area (Å²) in [5.41, 5.74) is 0. The summed E-state index contributed by atoms with van der Waals surface area (Å²) in [5.74, 6) is -1.05. The molecule has 0 fully saturated rings. The number of hydrogen-bond donors (Lipinski definition) is 0. The van der Waals surface area contributed by atoms with E-state index in [0.717, 1.165) is 128 Å². The first-order valence-corrected chi connectivity index (χ1v) is 27.4. The van der Waals surface area contributed by atoms with Crippen LogP contribution in [0.5, 0.6) is 0 Å². The van der Waals surface area contributed by atoms with E-state index in [4.69, 9.17) is 14.2 Å². The van der Waals surface area contributed by atoms with Crippen LogP contribution in [-0.4, -0.2) is 37.2 Å². The summed E-state index contributed by atoms with van der Waals surface area (Å²) >= 11 is 0. The molecule has 1 unspecified atom stereocenters. The predicted molar refractivity (Wildman–Crippen MR) is 306 cm³/mol. The maximum absolute atomic E-state index is 12.8. The predicted octanol–water partition coefficient (Wildman–Crippen LogP) is 18.5. The van der Waals surface area contributed by atoms with Crippen molar-refractivity contribution < 1.29 is 28.6 Å². The molecule has 392 valence electrons. The summed E-state index contributed by atoms with van der Waals surface area (Å²) < 4.78 is 16.8. The summed E-state index contributed by atoms with van der Waals surface area (Å²) in [6.07, 6.45) is 85.8. The molecule has 0 aromatic rings. The zero-order valence-electron chi connectivity index (χ0n) is 44.6. The zero-order chi connectivity index (χ0) is 51.4. The number of unbranched alkanes of at least 4 members (excludes halogenated alkanes) is 13. The van der Waals surface area contributed by atoms with Gasteiger partial charge in [0, 0.05) is 19.3 Å². The Balaban J connectivity index is 4.65. The third-order valence-electron chi connectivity index (χ3n) is 10.6. The minimum Gasteiger partial charge on any atom is -0.462 e. The van der Waals surface area contributed by atoms with Crippen LogP contribution in [0.2, 0.25) is 0 Å². The first kappa shape index (κ1) is 65.5. The van der Waals surface area contributed by atoms with Crippen molar-refractivity contribution in [1.29, 1.82) is 0 Å². The number of carbonyl (C=O) groups is 3. The lowest BCUT2D eigenvalue weighted by molar-refractivity contribution is -0.167. The van der Waals surface area contributed by atoms with Gasteiger partial charge in [-0.3, -0.25) is 14.4 Å². The van der Waals surface area contributed by atoms with Crippen LogP contribution in [0.4, 0.5) is 0 Å². The van der Waals surface area contributed by atoms with Gasteiger partial charge in [0.1, 0.15) is 13.2 Å². The van der Waals surface area contributed by atoms with Gasteiger partial charge in [-0.15, -0.1) is 0 Å². The molecular weight excluding hydrogens is 877 g/mol. The highest BCUT2D eigenvalue weighted by atomic mass is 16.6. The zero-order valence-corrected chi connectivity index (χ0v) is 44.6. The monoisotopic (exact) mass is 973 g/mol. The van der Waals surface area contributed by atoms with Gasteiger partial charge in [-0.05, 0) is 96.3 Å². The van der Waals surface area contributed by atoms with E-state index in [0.29, 0.717) is 12.8 Å². The van der Waals surface area contributed by atoms with Crippen molar-refractivity contribution in [3.63, 3.8) is 0 Å². The second kappa shape index (κ2) is 57.1. The van der Waals surface area contributed by atoms with E-state index in [2.05, 4.69) is 130 Å². The lowest BCUT2D eigenvalue weighted by atomic mass is 10.1. The van der Waals surface area contributed by atoms with E-state index in [1.54, 1.807) is 0 Å². The number of esters is 3. The fraction of sp³-hybridized carbons (Fsp3) is 0.492. The maximum Gasteiger partial charge on any atom is 0.306 e. The number of carbonyl (C=O) groups excluding carboxylic acids is 3. The quantitative estimate of drug-likeness (QED) is 0.0199. The van der Waals surface area contributed by atoms with Gasteiger partial charge >= 0.3 is 17.9 Å². The molecule has 0 spiro atoms. The molecule has 0 saturated carbocycles. The molecule has 0 aliphatic rings. The van der Waals surface area contributed by atoms with Gasteiger partial charge in [-0.25, -0.2) is 0 Å². The minimum atomic E-state index is -0.838. The first-order valence-electron chi connectivity index (χ1n) is 27.4. The maximum atomic E-state index is 12.8. The highest BCUT2D eigenvalue weighted by Gasteiger charge is 2.19. The molecule has 0 amide bonds. The van der Waals surface area contributed by atoms with E-state index in [9.17, 15) is 14.4 Å². The van der Waals surface area contributed by atoms with Crippen molar-refractivity contribution in [2.45, 2.75) is 194 Å². The Morgan fingerprint density at radius 2 is 0.620 bits per heavy atom. The molecular formula is C65H96O6. The Morgan fingerprint density at radius 3 is 1.03 bits per heavy atom. The minimum absolute atomic E-state index is 0.131. The summed E-state index contributed by atoms with van der Waals surface area (Å²) in [4.78, 5) is 38.1. The van der Waals surface area contributed by atoms with E-state index in [-0.39, 0.29) is 44.0 Å². The van der Waals surface area contributed by atoms with Crippen molar-refractivity contribution >= 4 is 17.9 Å². The molecule has 0 radical (unpaired) electrons. The molecule has 0 aromatic heterocycles. The van der Waals surface area contributed by atoms with E-state index in [1.165, 1.54) is 12.8 Å². The second-order valence-electron chi connectivity index (χ2n) is 17.3. The first-order chi connectivity index (χ1) is 35.0. The third kappa shape index (κ3) is 55.3. The van der Waals surface area contributed by atoms with Crippen LogP contribution in [-0.2, 0) is 28.6 Å². The lowest BCUT2D eigenvalue weighted by Crippen LogP contribution is -2.30. The van der Waals surface area contributed by atoms with Gasteiger partial charge in [0.25, 0.3) is 0 Å². The van der Waals surface area contributed by atoms with Crippen LogP contribution in [0.15, 0.2) is 182 Å². The molecule has 1 atom stereocenters. The van der Waals surface area contributed by atoms with Gasteiger partial charge in [0.2, 0.25) is 0 Å². The van der Waals surface area contributed by atoms with Crippen LogP contribution in [0.25, 0.3) is 0 Å². The van der Waals surface area contributed by atoms with Gasteiger partial charge < -0.3 is 14.2 Å². The third-order valence-corrected chi connectivity index (χ3v) is 10.6. The molecule has 0 bridgehead atoms. The fourth-order valence-electron chi connectivity index (χ4n) is 6.54. The van der Waals surface area contributed by atoms with Crippen molar-refractivity contribution in [1.82, 2.24) is 0 Å². The Morgan fingerprint density at radius 1 is 0.310 bits per heavy atom. The van der Waals surface area contributed by atoms with Crippen LogP contribution in [0, 0.1) is 0 Å². The largest absolute Gasteiger partial charge is 0.462 e. The van der Waals surface area contributed by atoms with Crippen molar-refractivity contribution in [3.8, 4) is 0 Å². The van der Waals surface area contributed by atoms with Gasteiger partial charge in [-0.1, -0.05) is 254 Å². The topological polar surface area (TPSA) is 78.9 Å². The van der Waals surface area contributed by atoms with E-state index >= 15 is 0 Å². The van der Waals surface area contributed by atoms with Crippen molar-refractivity contribution in [2.75, 3.05) is 13.2 Å². The average Bonchev–Trinajstić information content (AvgIpc) is 3.37. The van der Waals surface area contributed by atoms with E-state index in [1.807, 2.05) is 72.9 Å². The number of allylic oxidation sites excluding steroid dienone is 30. The molecule has 71 heavy (non-hydrogen) atoms. The van der Waals surface area contributed by atoms with Gasteiger partial charge in [-0.2, -0.15) is 0 Å². The summed E-state index contributed by atoms with van der Waals surface area (Å²) in [7, 11) is 0. The molecule has 0 aliphatic heterocycles. The molecule has 0 saturated heterocycles. The molecule has 6 nitrogen and oxygen atoms in total. The van der Waals surface area contributed by atoms with Gasteiger partial charge in [0.15, 0.2) is 6.10 Å². The SMILES string of the molecule is CC/C=C\C/C=C\C/C=C\C/C=C\C/C=C\CCCC(=O)OCC(COC(=O)CCCCCCC\C=C/C=C\C=C/C=C\C=C/CCC)OC(=O)CCCCCCC\C=C/C=C\C=C/C=C\C=C/CCC. The summed E-state index contributed by atoms with van der Waals surface area (Å²) in [6.45, 7) is 6.23. The molecule has 6 heteroatoms. The summed E-state index contributed by atoms with van der Waals surface area (Å²) in [5, 5.41) is 0. The number of ether oxygens (including phenoxy) is 3. The Bertz CT molecular complexity index is 1730. The fourth-order valence-corrected chi connectivity index (χ4v) is 6.54. The smallest absolute Gasteiger partial charge is 0.306 e. The Kier molecular flexibility index (Phi) is 52.7. The van der Waals surface area contributed by atoms with Crippen molar-refractivity contribution in [2.24, 2.45) is 0 Å². The van der Waals surface area contributed by atoms with Gasteiger partial charge in [0.05, 0.1) is 0 Å². The van der Waals surface area contributed by atoms with Crippen molar-refractivity contribution in [3.05, 3.63) is 182 Å². The number of hydrogen-bond acceptors (Lipinski definition) is 6. The summed E-state index contributed by atoms with van der Waals surface area (Å²) in [6, 6.07) is 0. The lowest BCUT2D eigenvalue weighted by Gasteiger charge is -2.18. The Labute approximate surface area is 434 Å². The second-order valence-corrected chi connectivity index (χ2v) is 17.3. The highest BCUT2D eigenvalue weighted by Crippen LogP contribution is 2.12. The van der Waals surface area contributed by atoms with Crippen LogP contribution < -0.4 is 0 Å². The number of rotatable bonds is 46. The van der Waals surface area contributed by atoms with Crippen LogP contribution >= 0.6 is 0 Å². The molecule has 0 rings (SSSR count). The van der Waals surface area contributed by atoms with E-state index < -0.39 is 6.10 Å². The molecule has 0 aromatic carbocycles. The highest BCUT2D eigenvalue weighted by molar-refractivity contribution is 5.71. The average molecular weight is 973 g/mol.